The number of hydrogen-bond acceptors (Lipinski definition) is 3. The zero-order valence-corrected chi connectivity index (χ0v) is 11.9. The van der Waals surface area contributed by atoms with Gasteiger partial charge in [0.1, 0.15) is 6.61 Å². The van der Waals surface area contributed by atoms with Crippen LogP contribution in [-0.4, -0.2) is 23.7 Å². The summed E-state index contributed by atoms with van der Waals surface area (Å²) in [5, 5.41) is 8.43. The number of hydrogen-bond donors (Lipinski definition) is 1. The number of carboxylic acids is 1. The number of unbranched alkanes of at least 4 members (excludes halogenated alkanes) is 5. The predicted molar refractivity (Wildman–Crippen MR) is 75.0 cm³/mol. The third kappa shape index (κ3) is 14.6. The van der Waals surface area contributed by atoms with E-state index in [0.29, 0.717) is 25.9 Å². The van der Waals surface area contributed by atoms with Crippen molar-refractivity contribution in [3.63, 3.8) is 0 Å². The van der Waals surface area contributed by atoms with Crippen molar-refractivity contribution >= 4 is 11.9 Å². The molecule has 110 valence electrons. The quantitative estimate of drug-likeness (QED) is 0.333. The molecule has 1 N–H and O–H groups in total. The Morgan fingerprint density at radius 2 is 1.74 bits per heavy atom. The summed E-state index contributed by atoms with van der Waals surface area (Å²) in [6.45, 7) is 2.51. The standard InChI is InChI=1S/C15H26O4/c1-2-3-4-5-6-7-10-13-19-15(18)12-9-8-11-14(16)17/h7,10H,2-6,8-9,11-13H2,1H3,(H,16,17)/b10-7+. The van der Waals surface area contributed by atoms with Gasteiger partial charge < -0.3 is 9.84 Å². The molecule has 19 heavy (non-hydrogen) atoms. The molecule has 0 radical (unpaired) electrons. The SMILES string of the molecule is CCCCCC/C=C/COC(=O)CCCCC(=O)O. The Labute approximate surface area is 115 Å². The zero-order valence-electron chi connectivity index (χ0n) is 11.9. The summed E-state index contributed by atoms with van der Waals surface area (Å²) in [4.78, 5) is 21.5. The molecular weight excluding hydrogens is 244 g/mol. The number of carbonyl (C=O) groups excluding carboxylic acids is 1. The molecule has 4 heteroatoms. The van der Waals surface area contributed by atoms with E-state index in [-0.39, 0.29) is 12.4 Å². The third-order valence-corrected chi connectivity index (χ3v) is 2.75. The largest absolute Gasteiger partial charge is 0.481 e. The number of esters is 1. The van der Waals surface area contributed by atoms with Gasteiger partial charge in [-0.15, -0.1) is 0 Å². The van der Waals surface area contributed by atoms with E-state index in [2.05, 4.69) is 6.92 Å². The van der Waals surface area contributed by atoms with Gasteiger partial charge in [0.2, 0.25) is 0 Å². The van der Waals surface area contributed by atoms with Gasteiger partial charge in [0, 0.05) is 12.8 Å². The van der Waals surface area contributed by atoms with Gasteiger partial charge >= 0.3 is 11.9 Å². The summed E-state index contributed by atoms with van der Waals surface area (Å²) in [7, 11) is 0. The fourth-order valence-corrected chi connectivity index (χ4v) is 1.63. The number of carboxylic acid groups (broad SMARTS) is 1. The molecule has 0 amide bonds. The van der Waals surface area contributed by atoms with Crippen LogP contribution in [0.5, 0.6) is 0 Å². The number of ether oxygens (including phenoxy) is 1. The summed E-state index contributed by atoms with van der Waals surface area (Å²) < 4.78 is 5.00. The number of allylic oxidation sites excluding steroid dienone is 1. The van der Waals surface area contributed by atoms with Crippen LogP contribution >= 0.6 is 0 Å². The van der Waals surface area contributed by atoms with Gasteiger partial charge in [-0.25, -0.2) is 0 Å². The molecule has 0 rings (SSSR count). The monoisotopic (exact) mass is 270 g/mol. The average molecular weight is 270 g/mol. The Hall–Kier alpha value is -1.32. The molecule has 0 aliphatic heterocycles. The van der Waals surface area contributed by atoms with Crippen molar-refractivity contribution in [2.75, 3.05) is 6.61 Å². The number of aliphatic carboxylic acids is 1. The first-order valence-electron chi connectivity index (χ1n) is 7.19. The van der Waals surface area contributed by atoms with Gasteiger partial charge in [0.05, 0.1) is 0 Å². The van der Waals surface area contributed by atoms with Gasteiger partial charge in [0.15, 0.2) is 0 Å². The van der Waals surface area contributed by atoms with Crippen LogP contribution in [-0.2, 0) is 14.3 Å². The van der Waals surface area contributed by atoms with Crippen molar-refractivity contribution < 1.29 is 19.4 Å². The Kier molecular flexibility index (Phi) is 12.2. The zero-order chi connectivity index (χ0) is 14.3. The summed E-state index contributed by atoms with van der Waals surface area (Å²) in [5.41, 5.74) is 0. The fourth-order valence-electron chi connectivity index (χ4n) is 1.63. The van der Waals surface area contributed by atoms with Gasteiger partial charge in [-0.2, -0.15) is 0 Å². The highest BCUT2D eigenvalue weighted by Crippen LogP contribution is 2.03. The van der Waals surface area contributed by atoms with Crippen LogP contribution in [0.25, 0.3) is 0 Å². The lowest BCUT2D eigenvalue weighted by molar-refractivity contribution is -0.143. The van der Waals surface area contributed by atoms with E-state index in [1.165, 1.54) is 25.7 Å². The van der Waals surface area contributed by atoms with E-state index < -0.39 is 5.97 Å². The van der Waals surface area contributed by atoms with E-state index in [4.69, 9.17) is 9.84 Å². The Morgan fingerprint density at radius 1 is 1.00 bits per heavy atom. The highest BCUT2D eigenvalue weighted by atomic mass is 16.5. The third-order valence-electron chi connectivity index (χ3n) is 2.75. The minimum atomic E-state index is -0.820. The van der Waals surface area contributed by atoms with Crippen molar-refractivity contribution in [2.24, 2.45) is 0 Å². The van der Waals surface area contributed by atoms with Crippen LogP contribution in [0.2, 0.25) is 0 Å². The number of rotatable bonds is 12. The molecule has 0 atom stereocenters. The van der Waals surface area contributed by atoms with E-state index in [1.807, 2.05) is 12.2 Å². The first kappa shape index (κ1) is 17.7. The normalized spacial score (nSPS) is 10.8. The fraction of sp³-hybridized carbons (Fsp3) is 0.733. The van der Waals surface area contributed by atoms with E-state index in [1.54, 1.807) is 0 Å². The van der Waals surface area contributed by atoms with Gasteiger partial charge in [-0.3, -0.25) is 9.59 Å². The van der Waals surface area contributed by atoms with E-state index in [0.717, 1.165) is 6.42 Å². The van der Waals surface area contributed by atoms with Gasteiger partial charge in [-0.1, -0.05) is 38.3 Å². The molecule has 0 aliphatic carbocycles. The van der Waals surface area contributed by atoms with Crippen LogP contribution in [0, 0.1) is 0 Å². The van der Waals surface area contributed by atoms with Crippen molar-refractivity contribution in [3.05, 3.63) is 12.2 Å². The minimum Gasteiger partial charge on any atom is -0.481 e. The maximum absolute atomic E-state index is 11.3. The van der Waals surface area contributed by atoms with Crippen molar-refractivity contribution in [3.8, 4) is 0 Å². The number of carbonyl (C=O) groups is 2. The van der Waals surface area contributed by atoms with Crippen LogP contribution in [0.1, 0.15) is 64.7 Å². The average Bonchev–Trinajstić information content (AvgIpc) is 2.37. The first-order valence-corrected chi connectivity index (χ1v) is 7.19. The molecule has 0 heterocycles. The summed E-state index contributed by atoms with van der Waals surface area (Å²) in [6.07, 6.45) is 11.4. The molecule has 0 spiro atoms. The molecule has 0 saturated heterocycles. The molecule has 0 fully saturated rings. The molecule has 0 aromatic heterocycles. The van der Waals surface area contributed by atoms with Gasteiger partial charge in [0.25, 0.3) is 0 Å². The maximum atomic E-state index is 11.3. The van der Waals surface area contributed by atoms with E-state index >= 15 is 0 Å². The molecule has 0 aromatic carbocycles. The molecule has 0 saturated carbocycles. The van der Waals surface area contributed by atoms with Crippen LogP contribution in [0.4, 0.5) is 0 Å². The smallest absolute Gasteiger partial charge is 0.306 e. The topological polar surface area (TPSA) is 63.6 Å². The Balaban J connectivity index is 3.32. The second kappa shape index (κ2) is 13.1. The highest BCUT2D eigenvalue weighted by molar-refractivity contribution is 5.69. The summed E-state index contributed by atoms with van der Waals surface area (Å²) in [5.74, 6) is -1.07. The molecular formula is C15H26O4. The summed E-state index contributed by atoms with van der Waals surface area (Å²) in [6, 6.07) is 0. The molecule has 4 nitrogen and oxygen atoms in total. The predicted octanol–water partition coefficient (Wildman–Crippen LogP) is 3.70. The second-order valence-corrected chi connectivity index (χ2v) is 4.60. The Bertz CT molecular complexity index is 271. The lowest BCUT2D eigenvalue weighted by Crippen LogP contribution is -2.04. The minimum absolute atomic E-state index is 0.116. The van der Waals surface area contributed by atoms with Crippen LogP contribution < -0.4 is 0 Å². The Morgan fingerprint density at radius 3 is 2.42 bits per heavy atom. The van der Waals surface area contributed by atoms with Gasteiger partial charge in [-0.05, 0) is 25.7 Å². The molecule has 0 aromatic rings. The maximum Gasteiger partial charge on any atom is 0.306 e. The molecule has 0 bridgehead atoms. The van der Waals surface area contributed by atoms with Crippen LogP contribution in [0.3, 0.4) is 0 Å². The van der Waals surface area contributed by atoms with E-state index in [9.17, 15) is 9.59 Å². The second-order valence-electron chi connectivity index (χ2n) is 4.60. The lowest BCUT2D eigenvalue weighted by Gasteiger charge is -2.01. The van der Waals surface area contributed by atoms with Crippen molar-refractivity contribution in [1.82, 2.24) is 0 Å². The first-order chi connectivity index (χ1) is 9.16. The highest BCUT2D eigenvalue weighted by Gasteiger charge is 2.02. The summed E-state index contributed by atoms with van der Waals surface area (Å²) >= 11 is 0. The van der Waals surface area contributed by atoms with Crippen LogP contribution in [0.15, 0.2) is 12.2 Å². The lowest BCUT2D eigenvalue weighted by atomic mass is 10.1. The van der Waals surface area contributed by atoms with Crippen molar-refractivity contribution in [1.29, 1.82) is 0 Å². The van der Waals surface area contributed by atoms with Crippen molar-refractivity contribution in [2.45, 2.75) is 64.7 Å². The molecule has 0 aliphatic rings. The molecule has 0 unspecified atom stereocenters.